The Kier molecular flexibility index (Phi) is 4.63. The summed E-state index contributed by atoms with van der Waals surface area (Å²) >= 11 is 1.56. The van der Waals surface area contributed by atoms with E-state index in [-0.39, 0.29) is 5.69 Å². The molecule has 1 aromatic heterocycles. The molecule has 0 atom stereocenters. The normalized spacial score (nSPS) is 10.3. The van der Waals surface area contributed by atoms with Gasteiger partial charge in [-0.3, -0.25) is 0 Å². The van der Waals surface area contributed by atoms with E-state index in [1.807, 2.05) is 19.1 Å². The van der Waals surface area contributed by atoms with Crippen LogP contribution in [-0.2, 0) is 5.75 Å². The Bertz CT molecular complexity index is 628. The molecule has 2 aromatic rings. The van der Waals surface area contributed by atoms with E-state index in [1.165, 1.54) is 11.8 Å². The first-order valence-corrected chi connectivity index (χ1v) is 7.04. The monoisotopic (exact) mass is 289 g/mol. The summed E-state index contributed by atoms with van der Waals surface area (Å²) in [6.45, 7) is 2.03. The standard InChI is InChI=1S/C15H15NO3S/c1-10-3-4-14(19-2)11(7-10)9-20-12-5-6-16-13(8-12)15(17)18/h3-8H,9H2,1-2H3,(H,17,18). The Morgan fingerprint density at radius 1 is 1.35 bits per heavy atom. The van der Waals surface area contributed by atoms with E-state index in [1.54, 1.807) is 31.0 Å². The second kappa shape index (κ2) is 6.43. The van der Waals surface area contributed by atoms with E-state index in [0.29, 0.717) is 5.75 Å². The maximum Gasteiger partial charge on any atom is 0.354 e. The van der Waals surface area contributed by atoms with Crippen molar-refractivity contribution < 1.29 is 14.6 Å². The predicted octanol–water partition coefficient (Wildman–Crippen LogP) is 3.39. The number of hydrogen-bond acceptors (Lipinski definition) is 4. The highest BCUT2D eigenvalue weighted by Crippen LogP contribution is 2.28. The Balaban J connectivity index is 2.14. The van der Waals surface area contributed by atoms with Gasteiger partial charge in [0.15, 0.2) is 0 Å². The van der Waals surface area contributed by atoms with Gasteiger partial charge in [0, 0.05) is 22.4 Å². The van der Waals surface area contributed by atoms with Crippen LogP contribution in [-0.4, -0.2) is 23.2 Å². The topological polar surface area (TPSA) is 59.4 Å². The van der Waals surface area contributed by atoms with Crippen molar-refractivity contribution in [1.82, 2.24) is 4.98 Å². The maximum absolute atomic E-state index is 10.9. The molecule has 0 unspecified atom stereocenters. The molecule has 104 valence electrons. The number of aryl methyl sites for hydroxylation is 1. The summed E-state index contributed by atoms with van der Waals surface area (Å²) in [6.07, 6.45) is 1.51. The summed E-state index contributed by atoms with van der Waals surface area (Å²) in [5.74, 6) is 0.546. The number of benzene rings is 1. The number of thioether (sulfide) groups is 1. The van der Waals surface area contributed by atoms with E-state index in [0.717, 1.165) is 16.2 Å². The first kappa shape index (κ1) is 14.4. The van der Waals surface area contributed by atoms with Gasteiger partial charge in [0.1, 0.15) is 11.4 Å². The molecule has 0 aliphatic carbocycles. The highest BCUT2D eigenvalue weighted by molar-refractivity contribution is 7.98. The van der Waals surface area contributed by atoms with Gasteiger partial charge in [-0.1, -0.05) is 17.7 Å². The Morgan fingerprint density at radius 2 is 2.15 bits per heavy atom. The van der Waals surface area contributed by atoms with Crippen molar-refractivity contribution in [3.8, 4) is 5.75 Å². The zero-order valence-electron chi connectivity index (χ0n) is 11.3. The molecule has 0 saturated heterocycles. The molecule has 2 rings (SSSR count). The summed E-state index contributed by atoms with van der Waals surface area (Å²) in [7, 11) is 1.65. The number of carbonyl (C=O) groups is 1. The van der Waals surface area contributed by atoms with Crippen molar-refractivity contribution in [2.45, 2.75) is 17.6 Å². The minimum absolute atomic E-state index is 0.0613. The lowest BCUT2D eigenvalue weighted by molar-refractivity contribution is 0.0690. The lowest BCUT2D eigenvalue weighted by Gasteiger charge is -2.09. The molecule has 0 aliphatic heterocycles. The fraction of sp³-hybridized carbons (Fsp3) is 0.200. The molecule has 1 heterocycles. The second-order valence-electron chi connectivity index (χ2n) is 4.29. The van der Waals surface area contributed by atoms with Crippen molar-refractivity contribution in [3.63, 3.8) is 0 Å². The van der Waals surface area contributed by atoms with Crippen molar-refractivity contribution in [2.24, 2.45) is 0 Å². The zero-order valence-corrected chi connectivity index (χ0v) is 12.1. The van der Waals surface area contributed by atoms with E-state index in [4.69, 9.17) is 9.84 Å². The zero-order chi connectivity index (χ0) is 14.5. The van der Waals surface area contributed by atoms with Gasteiger partial charge < -0.3 is 9.84 Å². The summed E-state index contributed by atoms with van der Waals surface area (Å²) < 4.78 is 5.33. The van der Waals surface area contributed by atoms with Crippen molar-refractivity contribution in [3.05, 3.63) is 53.3 Å². The van der Waals surface area contributed by atoms with Crippen LogP contribution in [0.25, 0.3) is 0 Å². The quantitative estimate of drug-likeness (QED) is 0.855. The third kappa shape index (κ3) is 3.51. The van der Waals surface area contributed by atoms with Gasteiger partial charge in [-0.05, 0) is 25.1 Å². The molecule has 0 spiro atoms. The molecule has 0 saturated carbocycles. The minimum atomic E-state index is -1.01. The van der Waals surface area contributed by atoms with Crippen LogP contribution in [0, 0.1) is 6.92 Å². The lowest BCUT2D eigenvalue weighted by atomic mass is 10.1. The van der Waals surface area contributed by atoms with Crippen LogP contribution in [0.1, 0.15) is 21.6 Å². The summed E-state index contributed by atoms with van der Waals surface area (Å²) in [4.78, 5) is 15.6. The fourth-order valence-corrected chi connectivity index (χ4v) is 2.70. The van der Waals surface area contributed by atoms with E-state index < -0.39 is 5.97 Å². The molecule has 5 heteroatoms. The van der Waals surface area contributed by atoms with Gasteiger partial charge in [0.05, 0.1) is 7.11 Å². The summed E-state index contributed by atoms with van der Waals surface area (Å²) in [6, 6.07) is 9.40. The van der Waals surface area contributed by atoms with Gasteiger partial charge in [-0.2, -0.15) is 0 Å². The summed E-state index contributed by atoms with van der Waals surface area (Å²) in [5.41, 5.74) is 2.32. The molecule has 20 heavy (non-hydrogen) atoms. The number of aromatic nitrogens is 1. The number of carboxylic acid groups (broad SMARTS) is 1. The number of pyridine rings is 1. The Labute approximate surface area is 121 Å². The smallest absolute Gasteiger partial charge is 0.354 e. The van der Waals surface area contributed by atoms with Crippen LogP contribution in [0.15, 0.2) is 41.4 Å². The fourth-order valence-electron chi connectivity index (χ4n) is 1.80. The van der Waals surface area contributed by atoms with Crippen LogP contribution in [0.4, 0.5) is 0 Å². The Hall–Kier alpha value is -2.01. The molecule has 0 aliphatic rings. The molecule has 4 nitrogen and oxygen atoms in total. The molecule has 0 radical (unpaired) electrons. The summed E-state index contributed by atoms with van der Waals surface area (Å²) in [5, 5.41) is 8.92. The van der Waals surface area contributed by atoms with Gasteiger partial charge in [-0.15, -0.1) is 11.8 Å². The maximum atomic E-state index is 10.9. The van der Waals surface area contributed by atoms with Gasteiger partial charge in [0.2, 0.25) is 0 Å². The van der Waals surface area contributed by atoms with Crippen LogP contribution >= 0.6 is 11.8 Å². The minimum Gasteiger partial charge on any atom is -0.496 e. The van der Waals surface area contributed by atoms with Crippen LogP contribution in [0.2, 0.25) is 0 Å². The highest BCUT2D eigenvalue weighted by Gasteiger charge is 2.07. The number of hydrogen-bond donors (Lipinski definition) is 1. The molecule has 0 amide bonds. The first-order valence-electron chi connectivity index (χ1n) is 6.06. The van der Waals surface area contributed by atoms with E-state index in [9.17, 15) is 4.79 Å². The highest BCUT2D eigenvalue weighted by atomic mass is 32.2. The first-order chi connectivity index (χ1) is 9.60. The van der Waals surface area contributed by atoms with Gasteiger partial charge in [0.25, 0.3) is 0 Å². The number of methoxy groups -OCH3 is 1. The van der Waals surface area contributed by atoms with Crippen molar-refractivity contribution in [2.75, 3.05) is 7.11 Å². The third-order valence-corrected chi connectivity index (χ3v) is 3.82. The van der Waals surface area contributed by atoms with Crippen LogP contribution in [0.5, 0.6) is 5.75 Å². The number of ether oxygens (including phenoxy) is 1. The largest absolute Gasteiger partial charge is 0.496 e. The average Bonchev–Trinajstić information content (AvgIpc) is 2.45. The lowest BCUT2D eigenvalue weighted by Crippen LogP contribution is -1.99. The van der Waals surface area contributed by atoms with Crippen molar-refractivity contribution >= 4 is 17.7 Å². The predicted molar refractivity (Wildman–Crippen MR) is 78.5 cm³/mol. The molecule has 0 bridgehead atoms. The SMILES string of the molecule is COc1ccc(C)cc1CSc1ccnc(C(=O)O)c1. The third-order valence-electron chi connectivity index (χ3n) is 2.78. The van der Waals surface area contributed by atoms with Crippen molar-refractivity contribution in [1.29, 1.82) is 0 Å². The van der Waals surface area contributed by atoms with E-state index >= 15 is 0 Å². The van der Waals surface area contributed by atoms with Crippen LogP contribution in [0.3, 0.4) is 0 Å². The van der Waals surface area contributed by atoms with Crippen LogP contribution < -0.4 is 4.74 Å². The number of carboxylic acids is 1. The number of aromatic carboxylic acids is 1. The molecular formula is C15H15NO3S. The van der Waals surface area contributed by atoms with Gasteiger partial charge in [-0.25, -0.2) is 9.78 Å². The average molecular weight is 289 g/mol. The molecule has 1 aromatic carbocycles. The second-order valence-corrected chi connectivity index (χ2v) is 5.33. The molecular weight excluding hydrogens is 274 g/mol. The van der Waals surface area contributed by atoms with Gasteiger partial charge >= 0.3 is 5.97 Å². The molecule has 0 fully saturated rings. The molecule has 1 N–H and O–H groups in total. The van der Waals surface area contributed by atoms with E-state index in [2.05, 4.69) is 11.1 Å². The Morgan fingerprint density at radius 3 is 2.85 bits per heavy atom. The number of rotatable bonds is 5. The number of nitrogens with zero attached hydrogens (tertiary/aromatic N) is 1.